The first kappa shape index (κ1) is 14.6. The second-order valence-electron chi connectivity index (χ2n) is 4.43. The number of rotatable bonds is 4. The number of carbonyl (C=O) groups is 1. The zero-order valence-electron chi connectivity index (χ0n) is 12.0. The van der Waals surface area contributed by atoms with Crippen molar-refractivity contribution in [2.75, 3.05) is 13.7 Å². The van der Waals surface area contributed by atoms with E-state index < -0.39 is 0 Å². The summed E-state index contributed by atoms with van der Waals surface area (Å²) in [5, 5.41) is 12.7. The summed E-state index contributed by atoms with van der Waals surface area (Å²) in [6, 6.07) is 9.24. The van der Waals surface area contributed by atoms with Gasteiger partial charge < -0.3 is 9.64 Å². The van der Waals surface area contributed by atoms with Crippen molar-refractivity contribution in [3.05, 3.63) is 47.8 Å². The van der Waals surface area contributed by atoms with Gasteiger partial charge in [0.25, 0.3) is 0 Å². The largest absolute Gasteiger partial charge is 0.497 e. The van der Waals surface area contributed by atoms with Gasteiger partial charge in [-0.2, -0.15) is 15.0 Å². The molecule has 1 heterocycles. The summed E-state index contributed by atoms with van der Waals surface area (Å²) in [5.41, 5.74) is 1.36. The smallest absolute Gasteiger partial charge is 0.344 e. The Bertz CT molecular complexity index is 655. The zero-order chi connectivity index (χ0) is 15.2. The average molecular weight is 284 g/mol. The Labute approximate surface area is 123 Å². The van der Waals surface area contributed by atoms with Gasteiger partial charge in [0.2, 0.25) is 0 Å². The van der Waals surface area contributed by atoms with Crippen molar-refractivity contribution < 1.29 is 9.53 Å². The summed E-state index contributed by atoms with van der Waals surface area (Å²) in [6.45, 7) is 2.92. The maximum Gasteiger partial charge on any atom is 0.344 e. The average Bonchev–Trinajstić information content (AvgIpc) is 3.01. The fourth-order valence-corrected chi connectivity index (χ4v) is 1.90. The van der Waals surface area contributed by atoms with Gasteiger partial charge >= 0.3 is 6.03 Å². The van der Waals surface area contributed by atoms with Crippen molar-refractivity contribution in [2.24, 2.45) is 0 Å². The summed E-state index contributed by atoms with van der Waals surface area (Å²) < 4.78 is 6.29. The number of hydrogen-bond acceptors (Lipinski definition) is 4. The Balaban J connectivity index is 2.11. The molecule has 108 valence electrons. The highest BCUT2D eigenvalue weighted by Crippen LogP contribution is 2.13. The molecule has 0 bridgehead atoms. The number of methoxy groups -OCH3 is 1. The van der Waals surface area contributed by atoms with Crippen molar-refractivity contribution in [1.82, 2.24) is 14.7 Å². The SMILES string of the molecule is CCN(Cc1ccc(OC)cc1)C(=O)n1cc(C#N)cn1. The second-order valence-corrected chi connectivity index (χ2v) is 4.43. The molecule has 0 aliphatic rings. The molecule has 0 saturated heterocycles. The number of aromatic nitrogens is 2. The van der Waals surface area contributed by atoms with Crippen molar-refractivity contribution >= 4 is 6.03 Å². The van der Waals surface area contributed by atoms with Crippen LogP contribution in [0.3, 0.4) is 0 Å². The van der Waals surface area contributed by atoms with Gasteiger partial charge in [-0.1, -0.05) is 12.1 Å². The van der Waals surface area contributed by atoms with Crippen molar-refractivity contribution in [1.29, 1.82) is 5.26 Å². The lowest BCUT2D eigenvalue weighted by Crippen LogP contribution is -2.34. The molecule has 0 aliphatic heterocycles. The molecule has 2 rings (SSSR count). The van der Waals surface area contributed by atoms with Crippen LogP contribution in [0.5, 0.6) is 5.75 Å². The molecule has 6 nitrogen and oxygen atoms in total. The molecule has 1 aromatic carbocycles. The van der Waals surface area contributed by atoms with Crippen LogP contribution in [0, 0.1) is 11.3 Å². The van der Waals surface area contributed by atoms with E-state index in [4.69, 9.17) is 10.00 Å². The van der Waals surface area contributed by atoms with Crippen molar-refractivity contribution in [3.8, 4) is 11.8 Å². The van der Waals surface area contributed by atoms with E-state index in [2.05, 4.69) is 5.10 Å². The molecule has 0 N–H and O–H groups in total. The first-order valence-electron chi connectivity index (χ1n) is 6.55. The lowest BCUT2D eigenvalue weighted by Gasteiger charge is -2.20. The fourth-order valence-electron chi connectivity index (χ4n) is 1.90. The first-order valence-corrected chi connectivity index (χ1v) is 6.55. The maximum absolute atomic E-state index is 12.3. The van der Waals surface area contributed by atoms with E-state index in [1.54, 1.807) is 12.0 Å². The van der Waals surface area contributed by atoms with E-state index in [9.17, 15) is 4.79 Å². The molecular formula is C15H16N4O2. The van der Waals surface area contributed by atoms with Gasteiger partial charge in [0.05, 0.1) is 25.1 Å². The predicted octanol–water partition coefficient (Wildman–Crippen LogP) is 2.25. The highest BCUT2D eigenvalue weighted by atomic mass is 16.5. The number of nitriles is 1. The Morgan fingerprint density at radius 2 is 2.14 bits per heavy atom. The van der Waals surface area contributed by atoms with Crippen LogP contribution in [-0.4, -0.2) is 34.4 Å². The quantitative estimate of drug-likeness (QED) is 0.863. The lowest BCUT2D eigenvalue weighted by atomic mass is 10.2. The van der Waals surface area contributed by atoms with Crippen LogP contribution in [0.4, 0.5) is 4.79 Å². The molecule has 0 fully saturated rings. The topological polar surface area (TPSA) is 71.2 Å². The van der Waals surface area contributed by atoms with Crippen LogP contribution >= 0.6 is 0 Å². The van der Waals surface area contributed by atoms with E-state index >= 15 is 0 Å². The minimum atomic E-state index is -0.255. The number of benzene rings is 1. The highest BCUT2D eigenvalue weighted by molar-refractivity contribution is 5.76. The highest BCUT2D eigenvalue weighted by Gasteiger charge is 2.15. The Hall–Kier alpha value is -2.81. The first-order chi connectivity index (χ1) is 10.2. The van der Waals surface area contributed by atoms with Crippen LogP contribution in [0.2, 0.25) is 0 Å². The molecule has 0 unspecified atom stereocenters. The van der Waals surface area contributed by atoms with Gasteiger partial charge in [-0.15, -0.1) is 0 Å². The van der Waals surface area contributed by atoms with Gasteiger partial charge in [-0.25, -0.2) is 4.79 Å². The number of hydrogen-bond donors (Lipinski definition) is 0. The minimum absolute atomic E-state index is 0.255. The van der Waals surface area contributed by atoms with Gasteiger partial charge in [0.15, 0.2) is 0 Å². The van der Waals surface area contributed by atoms with E-state index in [1.807, 2.05) is 37.3 Å². The van der Waals surface area contributed by atoms with Gasteiger partial charge in [0.1, 0.15) is 11.8 Å². The number of ether oxygens (including phenoxy) is 1. The molecule has 0 radical (unpaired) electrons. The molecule has 0 saturated carbocycles. The van der Waals surface area contributed by atoms with Gasteiger partial charge in [0, 0.05) is 13.1 Å². The van der Waals surface area contributed by atoms with E-state index in [0.717, 1.165) is 11.3 Å². The second kappa shape index (κ2) is 6.57. The third kappa shape index (κ3) is 3.39. The van der Waals surface area contributed by atoms with Crippen LogP contribution < -0.4 is 4.74 Å². The van der Waals surface area contributed by atoms with Crippen LogP contribution in [0.1, 0.15) is 18.1 Å². The third-order valence-corrected chi connectivity index (χ3v) is 3.09. The Kier molecular flexibility index (Phi) is 4.57. The molecule has 1 aromatic heterocycles. The summed E-state index contributed by atoms with van der Waals surface area (Å²) in [7, 11) is 1.61. The fraction of sp³-hybridized carbons (Fsp3) is 0.267. The number of carbonyl (C=O) groups excluding carboxylic acids is 1. The molecule has 21 heavy (non-hydrogen) atoms. The summed E-state index contributed by atoms with van der Waals surface area (Å²) >= 11 is 0. The number of amides is 1. The molecule has 1 amide bonds. The number of nitrogens with zero attached hydrogens (tertiary/aromatic N) is 4. The standard InChI is InChI=1S/C15H16N4O2/c1-3-18(10-12-4-6-14(21-2)7-5-12)15(20)19-11-13(8-16)9-17-19/h4-7,9,11H,3,10H2,1-2H3. The normalized spacial score (nSPS) is 9.95. The lowest BCUT2D eigenvalue weighted by molar-refractivity contribution is 0.196. The van der Waals surface area contributed by atoms with E-state index in [1.165, 1.54) is 17.1 Å². The van der Waals surface area contributed by atoms with Crippen molar-refractivity contribution in [3.63, 3.8) is 0 Å². The van der Waals surface area contributed by atoms with E-state index in [0.29, 0.717) is 18.7 Å². The summed E-state index contributed by atoms with van der Waals surface area (Å²) in [4.78, 5) is 14.0. The molecular weight excluding hydrogens is 268 g/mol. The predicted molar refractivity (Wildman–Crippen MR) is 76.8 cm³/mol. The molecule has 6 heteroatoms. The van der Waals surface area contributed by atoms with Crippen LogP contribution in [-0.2, 0) is 6.54 Å². The molecule has 0 spiro atoms. The van der Waals surface area contributed by atoms with Gasteiger partial charge in [-0.3, -0.25) is 0 Å². The monoisotopic (exact) mass is 284 g/mol. The maximum atomic E-state index is 12.3. The Morgan fingerprint density at radius 1 is 1.43 bits per heavy atom. The van der Waals surface area contributed by atoms with Gasteiger partial charge in [-0.05, 0) is 24.6 Å². The Morgan fingerprint density at radius 3 is 2.67 bits per heavy atom. The van der Waals surface area contributed by atoms with Crippen LogP contribution in [0.15, 0.2) is 36.7 Å². The van der Waals surface area contributed by atoms with E-state index in [-0.39, 0.29) is 6.03 Å². The third-order valence-electron chi connectivity index (χ3n) is 3.09. The minimum Gasteiger partial charge on any atom is -0.497 e. The zero-order valence-corrected chi connectivity index (χ0v) is 12.0. The summed E-state index contributed by atoms with van der Waals surface area (Å²) in [5.74, 6) is 0.777. The van der Waals surface area contributed by atoms with Crippen molar-refractivity contribution in [2.45, 2.75) is 13.5 Å². The van der Waals surface area contributed by atoms with Crippen LogP contribution in [0.25, 0.3) is 0 Å². The molecule has 0 atom stereocenters. The molecule has 0 aliphatic carbocycles. The molecule has 2 aromatic rings. The summed E-state index contributed by atoms with van der Waals surface area (Å²) in [6.07, 6.45) is 2.80.